The molecule has 1 aromatic rings. The number of halogens is 1. The molecule has 0 aromatic heterocycles. The van der Waals surface area contributed by atoms with Crippen LogP contribution in [0.5, 0.6) is 0 Å². The molecule has 0 radical (unpaired) electrons. The number of carbonyl (C=O) groups excluding carboxylic acids is 1. The quantitative estimate of drug-likeness (QED) is 0.494. The third-order valence-corrected chi connectivity index (χ3v) is 2.60. The van der Waals surface area contributed by atoms with E-state index in [-0.39, 0.29) is 5.91 Å². The molecule has 1 N–H and O–H groups in total. The predicted molar refractivity (Wildman–Crippen MR) is 72.3 cm³/mol. The van der Waals surface area contributed by atoms with Gasteiger partial charge in [-0.3, -0.25) is 4.79 Å². The highest BCUT2D eigenvalue weighted by molar-refractivity contribution is 14.1. The summed E-state index contributed by atoms with van der Waals surface area (Å²) in [6.45, 7) is 4.63. The van der Waals surface area contributed by atoms with E-state index < -0.39 is 0 Å². The molecular formula is C12H14INO2. The van der Waals surface area contributed by atoms with Gasteiger partial charge in [-0.15, -0.1) is 0 Å². The van der Waals surface area contributed by atoms with Crippen LogP contribution in [0.15, 0.2) is 37.1 Å². The average molecular weight is 331 g/mol. The number of benzene rings is 1. The summed E-state index contributed by atoms with van der Waals surface area (Å²) in [6.07, 6.45) is 2.18. The smallest absolute Gasteiger partial charge is 0.251 e. The van der Waals surface area contributed by atoms with Crippen LogP contribution in [0.25, 0.3) is 0 Å². The molecule has 86 valence electrons. The predicted octanol–water partition coefficient (Wildman–Crippen LogP) is 2.57. The van der Waals surface area contributed by atoms with E-state index in [9.17, 15) is 4.79 Å². The maximum Gasteiger partial charge on any atom is 0.251 e. The van der Waals surface area contributed by atoms with Gasteiger partial charge in [0.15, 0.2) is 0 Å². The first-order chi connectivity index (χ1) is 7.74. The van der Waals surface area contributed by atoms with Crippen LogP contribution in [-0.4, -0.2) is 19.1 Å². The standard InChI is InChI=1S/C12H14INO2/c1-2-16-8-4-7-14-12(15)10-5-3-6-11(13)9-10/h2-3,5-6,9H,1,4,7-8H2,(H,14,15). The van der Waals surface area contributed by atoms with Crippen molar-refractivity contribution < 1.29 is 9.53 Å². The maximum atomic E-state index is 11.7. The Bertz CT molecular complexity index is 366. The summed E-state index contributed by atoms with van der Waals surface area (Å²) in [7, 11) is 0. The molecule has 16 heavy (non-hydrogen) atoms. The van der Waals surface area contributed by atoms with E-state index in [1.54, 1.807) is 6.07 Å². The lowest BCUT2D eigenvalue weighted by Gasteiger charge is -2.05. The second kappa shape index (κ2) is 7.27. The molecular weight excluding hydrogens is 317 g/mol. The summed E-state index contributed by atoms with van der Waals surface area (Å²) in [6, 6.07) is 7.49. The molecule has 0 fully saturated rings. The van der Waals surface area contributed by atoms with E-state index in [0.717, 1.165) is 9.99 Å². The van der Waals surface area contributed by atoms with Gasteiger partial charge in [0.25, 0.3) is 5.91 Å². The van der Waals surface area contributed by atoms with Crippen molar-refractivity contribution in [2.75, 3.05) is 13.2 Å². The minimum atomic E-state index is -0.0443. The highest BCUT2D eigenvalue weighted by Gasteiger charge is 2.04. The molecule has 0 unspecified atom stereocenters. The molecule has 4 heteroatoms. The van der Waals surface area contributed by atoms with Gasteiger partial charge < -0.3 is 10.1 Å². The van der Waals surface area contributed by atoms with E-state index >= 15 is 0 Å². The number of amides is 1. The Morgan fingerprint density at radius 1 is 1.56 bits per heavy atom. The summed E-state index contributed by atoms with van der Waals surface area (Å²) in [5, 5.41) is 2.83. The van der Waals surface area contributed by atoms with Gasteiger partial charge in [0.1, 0.15) is 0 Å². The van der Waals surface area contributed by atoms with Crippen molar-refractivity contribution in [1.29, 1.82) is 0 Å². The fourth-order valence-corrected chi connectivity index (χ4v) is 1.72. The third kappa shape index (κ3) is 4.65. The molecule has 3 nitrogen and oxygen atoms in total. The van der Waals surface area contributed by atoms with Gasteiger partial charge in [0, 0.05) is 15.7 Å². The van der Waals surface area contributed by atoms with Crippen molar-refractivity contribution in [1.82, 2.24) is 5.32 Å². The van der Waals surface area contributed by atoms with Crippen LogP contribution in [0.1, 0.15) is 16.8 Å². The second-order valence-electron chi connectivity index (χ2n) is 3.16. The first kappa shape index (κ1) is 13.0. The van der Waals surface area contributed by atoms with E-state index in [2.05, 4.69) is 34.5 Å². The van der Waals surface area contributed by atoms with Crippen molar-refractivity contribution in [2.24, 2.45) is 0 Å². The van der Waals surface area contributed by atoms with Gasteiger partial charge in [-0.1, -0.05) is 12.6 Å². The molecule has 0 saturated heterocycles. The lowest BCUT2D eigenvalue weighted by atomic mass is 10.2. The molecule has 0 spiro atoms. The number of carbonyl (C=O) groups is 1. The van der Waals surface area contributed by atoms with Gasteiger partial charge in [0.05, 0.1) is 12.9 Å². The van der Waals surface area contributed by atoms with Gasteiger partial charge in [-0.25, -0.2) is 0 Å². The topological polar surface area (TPSA) is 38.3 Å². The number of rotatable bonds is 6. The van der Waals surface area contributed by atoms with Crippen molar-refractivity contribution in [3.8, 4) is 0 Å². The maximum absolute atomic E-state index is 11.7. The van der Waals surface area contributed by atoms with Crippen molar-refractivity contribution in [3.05, 3.63) is 46.2 Å². The SMILES string of the molecule is C=COCCCNC(=O)c1cccc(I)c1. The zero-order chi connectivity index (χ0) is 11.8. The first-order valence-electron chi connectivity index (χ1n) is 5.00. The minimum absolute atomic E-state index is 0.0443. The monoisotopic (exact) mass is 331 g/mol. The van der Waals surface area contributed by atoms with Crippen molar-refractivity contribution >= 4 is 28.5 Å². The fraction of sp³-hybridized carbons (Fsp3) is 0.250. The summed E-state index contributed by atoms with van der Waals surface area (Å²) in [5.74, 6) is -0.0443. The number of ether oxygens (including phenoxy) is 1. The second-order valence-corrected chi connectivity index (χ2v) is 4.40. The van der Waals surface area contributed by atoms with E-state index in [0.29, 0.717) is 18.7 Å². The number of hydrogen-bond acceptors (Lipinski definition) is 2. The third-order valence-electron chi connectivity index (χ3n) is 1.93. The molecule has 0 bridgehead atoms. The van der Waals surface area contributed by atoms with Crippen LogP contribution in [-0.2, 0) is 4.74 Å². The van der Waals surface area contributed by atoms with E-state index in [1.165, 1.54) is 6.26 Å². The molecule has 1 aromatic carbocycles. The number of hydrogen-bond donors (Lipinski definition) is 1. The zero-order valence-corrected chi connectivity index (χ0v) is 11.1. The minimum Gasteiger partial charge on any atom is -0.502 e. The highest BCUT2D eigenvalue weighted by atomic mass is 127. The van der Waals surface area contributed by atoms with Crippen LogP contribution in [0, 0.1) is 3.57 Å². The van der Waals surface area contributed by atoms with Crippen molar-refractivity contribution in [2.45, 2.75) is 6.42 Å². The lowest BCUT2D eigenvalue weighted by molar-refractivity contribution is 0.0950. The average Bonchev–Trinajstić information content (AvgIpc) is 2.28. The fourth-order valence-electron chi connectivity index (χ4n) is 1.17. The van der Waals surface area contributed by atoms with Crippen LogP contribution in [0.3, 0.4) is 0 Å². The van der Waals surface area contributed by atoms with Crippen molar-refractivity contribution in [3.63, 3.8) is 0 Å². The van der Waals surface area contributed by atoms with Crippen LogP contribution in [0.2, 0.25) is 0 Å². The molecule has 0 saturated carbocycles. The highest BCUT2D eigenvalue weighted by Crippen LogP contribution is 2.07. The van der Waals surface area contributed by atoms with E-state index in [4.69, 9.17) is 4.74 Å². The number of nitrogens with one attached hydrogen (secondary N) is 1. The van der Waals surface area contributed by atoms with Gasteiger partial charge in [-0.2, -0.15) is 0 Å². The first-order valence-corrected chi connectivity index (χ1v) is 6.08. The molecule has 1 amide bonds. The molecule has 0 aliphatic heterocycles. The van der Waals surface area contributed by atoms with E-state index in [1.807, 2.05) is 18.2 Å². The molecule has 0 aliphatic carbocycles. The van der Waals surface area contributed by atoms with Gasteiger partial charge in [0.2, 0.25) is 0 Å². The summed E-state index contributed by atoms with van der Waals surface area (Å²) in [5.41, 5.74) is 0.691. The Hall–Kier alpha value is -1.04. The Labute approximate surface area is 109 Å². The summed E-state index contributed by atoms with van der Waals surface area (Å²) in [4.78, 5) is 11.7. The lowest BCUT2D eigenvalue weighted by Crippen LogP contribution is -2.25. The van der Waals surface area contributed by atoms with Crippen LogP contribution < -0.4 is 5.32 Å². The molecule has 0 aliphatic rings. The molecule has 0 atom stereocenters. The van der Waals surface area contributed by atoms with Crippen LogP contribution in [0.4, 0.5) is 0 Å². The Balaban J connectivity index is 2.32. The Morgan fingerprint density at radius 2 is 2.38 bits per heavy atom. The van der Waals surface area contributed by atoms with Gasteiger partial charge in [-0.05, 0) is 47.2 Å². The largest absolute Gasteiger partial charge is 0.502 e. The summed E-state index contributed by atoms with van der Waals surface area (Å²) >= 11 is 2.18. The Morgan fingerprint density at radius 3 is 3.06 bits per heavy atom. The Kier molecular flexibility index (Phi) is 5.92. The zero-order valence-electron chi connectivity index (χ0n) is 8.91. The van der Waals surface area contributed by atoms with Gasteiger partial charge >= 0.3 is 0 Å². The van der Waals surface area contributed by atoms with Crippen LogP contribution >= 0.6 is 22.6 Å². The summed E-state index contributed by atoms with van der Waals surface area (Å²) < 4.78 is 6.01. The normalized spacial score (nSPS) is 9.56. The molecule has 0 heterocycles. The molecule has 1 rings (SSSR count).